The second-order valence-corrected chi connectivity index (χ2v) is 8.28. The van der Waals surface area contributed by atoms with Gasteiger partial charge in [-0.1, -0.05) is 18.2 Å². The Morgan fingerprint density at radius 3 is 2.84 bits per heavy atom. The molecule has 1 aliphatic carbocycles. The van der Waals surface area contributed by atoms with Gasteiger partial charge in [0, 0.05) is 36.6 Å². The highest BCUT2D eigenvalue weighted by Crippen LogP contribution is 2.26. The van der Waals surface area contributed by atoms with Crippen LogP contribution in [-0.2, 0) is 0 Å². The van der Waals surface area contributed by atoms with Gasteiger partial charge in [-0.25, -0.2) is 14.4 Å². The van der Waals surface area contributed by atoms with Crippen molar-refractivity contribution < 1.29 is 4.39 Å². The number of nitrogens with zero attached hydrogens (tertiary/aromatic N) is 4. The van der Waals surface area contributed by atoms with E-state index in [4.69, 9.17) is 11.1 Å². The maximum absolute atomic E-state index is 13.7. The van der Waals surface area contributed by atoms with Gasteiger partial charge in [-0.3, -0.25) is 9.71 Å². The molecule has 0 saturated carbocycles. The van der Waals surface area contributed by atoms with Gasteiger partial charge in [0.05, 0.1) is 16.7 Å². The van der Waals surface area contributed by atoms with Gasteiger partial charge >= 0.3 is 0 Å². The van der Waals surface area contributed by atoms with Crippen LogP contribution in [0.2, 0.25) is 0 Å². The van der Waals surface area contributed by atoms with Crippen molar-refractivity contribution in [2.75, 3.05) is 38.2 Å². The van der Waals surface area contributed by atoms with E-state index in [0.717, 1.165) is 12.1 Å². The van der Waals surface area contributed by atoms with Crippen molar-refractivity contribution in [3.63, 3.8) is 0 Å². The number of anilines is 2. The van der Waals surface area contributed by atoms with Crippen LogP contribution in [0.25, 0.3) is 5.57 Å². The largest absolute Gasteiger partial charge is 0.383 e. The number of pyridine rings is 1. The minimum Gasteiger partial charge on any atom is -0.383 e. The molecule has 0 saturated heterocycles. The molecule has 2 heterocycles. The van der Waals surface area contributed by atoms with Gasteiger partial charge in [-0.2, -0.15) is 0 Å². The number of aromatic nitrogens is 3. The summed E-state index contributed by atoms with van der Waals surface area (Å²) in [6.45, 7) is 3.17. The molecule has 0 amide bonds. The molecular weight excluding hydrogens is 415 g/mol. The molecule has 1 aliphatic rings. The highest BCUT2D eigenvalue weighted by Gasteiger charge is 2.18. The minimum absolute atomic E-state index is 0.0411. The van der Waals surface area contributed by atoms with Crippen LogP contribution in [0.5, 0.6) is 0 Å². The number of hydrogen-bond donors (Lipinski definition) is 4. The summed E-state index contributed by atoms with van der Waals surface area (Å²) in [7, 11) is 3.99. The summed E-state index contributed by atoms with van der Waals surface area (Å²) in [5.74, 6) is 1.01. The van der Waals surface area contributed by atoms with Crippen molar-refractivity contribution in [2.24, 2.45) is 0 Å². The van der Waals surface area contributed by atoms with Crippen molar-refractivity contribution in [2.45, 2.75) is 24.3 Å². The Balaban J connectivity index is 1.71. The zero-order chi connectivity index (χ0) is 22.4. The van der Waals surface area contributed by atoms with E-state index in [-0.39, 0.29) is 17.7 Å². The smallest absolute Gasteiger partial charge is 0.163 e. The number of nitrogens with two attached hydrogens (primary N) is 1. The number of nitrogens with one attached hydrogen (secondary N) is 3. The third kappa shape index (κ3) is 6.09. The van der Waals surface area contributed by atoms with E-state index in [1.165, 1.54) is 18.1 Å². The predicted octanol–water partition coefficient (Wildman–Crippen LogP) is 2.96. The molecule has 8 nitrogen and oxygen atoms in total. The van der Waals surface area contributed by atoms with Crippen LogP contribution in [0, 0.1) is 11.2 Å². The summed E-state index contributed by atoms with van der Waals surface area (Å²) in [5.41, 5.74) is 7.86. The molecule has 1 unspecified atom stereocenters. The zero-order valence-corrected chi connectivity index (χ0v) is 18.6. The molecular formula is C21H27FN8S. The average molecular weight is 443 g/mol. The van der Waals surface area contributed by atoms with Crippen LogP contribution in [0.15, 0.2) is 41.6 Å². The summed E-state index contributed by atoms with van der Waals surface area (Å²) >= 11 is 1.24. The molecule has 1 atom stereocenters. The second-order valence-electron chi connectivity index (χ2n) is 7.40. The fraction of sp³-hybridized carbons (Fsp3) is 0.333. The molecule has 164 valence electrons. The third-order valence-electron chi connectivity index (χ3n) is 4.58. The SMILES string of the molecule is CC(=N)c1c(N)nc(C2=CCC(NSc3ccncc3F)C=C2)nc1NCCN(C)C. The number of allylic oxidation sites excluding steroid dienone is 2. The van der Waals surface area contributed by atoms with Gasteiger partial charge in [-0.05, 0) is 45.5 Å². The van der Waals surface area contributed by atoms with Crippen LogP contribution < -0.4 is 15.8 Å². The highest BCUT2D eigenvalue weighted by molar-refractivity contribution is 7.97. The van der Waals surface area contributed by atoms with Gasteiger partial charge in [0.1, 0.15) is 11.6 Å². The summed E-state index contributed by atoms with van der Waals surface area (Å²) in [4.78, 5) is 15.4. The van der Waals surface area contributed by atoms with Crippen LogP contribution in [0.1, 0.15) is 24.7 Å². The van der Waals surface area contributed by atoms with Crippen molar-refractivity contribution in [1.29, 1.82) is 5.41 Å². The Hall–Kier alpha value is -2.82. The summed E-state index contributed by atoms with van der Waals surface area (Å²) < 4.78 is 17.0. The van der Waals surface area contributed by atoms with Gasteiger partial charge < -0.3 is 21.4 Å². The lowest BCUT2D eigenvalue weighted by molar-refractivity contribution is 0.425. The first-order chi connectivity index (χ1) is 14.8. The highest BCUT2D eigenvalue weighted by atomic mass is 32.2. The molecule has 2 aromatic heterocycles. The number of likely N-dealkylation sites (N-methyl/N-ethyl adjacent to an activating group) is 1. The lowest BCUT2D eigenvalue weighted by Gasteiger charge is -2.19. The first-order valence-electron chi connectivity index (χ1n) is 9.87. The molecule has 10 heteroatoms. The van der Waals surface area contributed by atoms with Crippen molar-refractivity contribution >= 4 is 34.9 Å². The van der Waals surface area contributed by atoms with E-state index in [0.29, 0.717) is 40.8 Å². The normalized spacial score (nSPS) is 15.8. The number of rotatable bonds is 9. The molecule has 2 aromatic rings. The van der Waals surface area contributed by atoms with Crippen LogP contribution in [0.4, 0.5) is 16.0 Å². The Morgan fingerprint density at radius 2 is 2.19 bits per heavy atom. The quantitative estimate of drug-likeness (QED) is 0.346. The third-order valence-corrected chi connectivity index (χ3v) is 5.55. The predicted molar refractivity (Wildman–Crippen MR) is 125 cm³/mol. The monoisotopic (exact) mass is 442 g/mol. The fourth-order valence-electron chi connectivity index (χ4n) is 2.96. The maximum Gasteiger partial charge on any atom is 0.163 e. The number of hydrogen-bond acceptors (Lipinski definition) is 9. The maximum atomic E-state index is 13.7. The van der Waals surface area contributed by atoms with Gasteiger partial charge in [0.15, 0.2) is 11.6 Å². The van der Waals surface area contributed by atoms with Crippen molar-refractivity contribution in [3.05, 3.63) is 53.9 Å². The molecule has 0 aromatic carbocycles. The number of nitrogen functional groups attached to an aromatic ring is 1. The molecule has 0 spiro atoms. The van der Waals surface area contributed by atoms with Crippen molar-refractivity contribution in [3.8, 4) is 0 Å². The Kier molecular flexibility index (Phi) is 7.72. The molecule has 3 rings (SSSR count). The van der Waals surface area contributed by atoms with Gasteiger partial charge in [-0.15, -0.1) is 0 Å². The molecule has 0 aliphatic heterocycles. The molecule has 31 heavy (non-hydrogen) atoms. The molecule has 0 radical (unpaired) electrons. The Labute approximate surface area is 185 Å². The van der Waals surface area contributed by atoms with Gasteiger partial charge in [0.2, 0.25) is 0 Å². The molecule has 0 bridgehead atoms. The standard InChI is InChI=1S/C21H27FN8S/c1-13(23)18-19(24)27-20(28-21(18)26-10-11-30(2)3)14-4-6-15(7-5-14)29-31-17-8-9-25-12-16(17)22/h4-6,8-9,12,15,23,29H,7,10-11H2,1-3H3,(H3,24,26,27,28). The van der Waals surface area contributed by atoms with E-state index < -0.39 is 0 Å². The van der Waals surface area contributed by atoms with Crippen LogP contribution in [-0.4, -0.2) is 58.8 Å². The fourth-order valence-corrected chi connectivity index (χ4v) is 3.69. The minimum atomic E-state index is -0.351. The topological polar surface area (TPSA) is 116 Å². The Bertz CT molecular complexity index is 1000. The summed E-state index contributed by atoms with van der Waals surface area (Å²) in [6, 6.07) is 1.68. The lowest BCUT2D eigenvalue weighted by Crippen LogP contribution is -2.23. The molecule has 0 fully saturated rings. The van der Waals surface area contributed by atoms with E-state index >= 15 is 0 Å². The average Bonchev–Trinajstić information content (AvgIpc) is 2.72. The van der Waals surface area contributed by atoms with Crippen LogP contribution >= 0.6 is 11.9 Å². The van der Waals surface area contributed by atoms with E-state index in [1.807, 2.05) is 32.3 Å². The second kappa shape index (κ2) is 10.5. The zero-order valence-electron chi connectivity index (χ0n) is 17.8. The Morgan fingerprint density at radius 1 is 1.39 bits per heavy atom. The van der Waals surface area contributed by atoms with E-state index in [2.05, 4.69) is 29.9 Å². The first-order valence-corrected chi connectivity index (χ1v) is 10.7. The van der Waals surface area contributed by atoms with E-state index in [1.54, 1.807) is 19.2 Å². The first kappa shape index (κ1) is 22.9. The van der Waals surface area contributed by atoms with Gasteiger partial charge in [0.25, 0.3) is 0 Å². The lowest BCUT2D eigenvalue weighted by atomic mass is 10.0. The summed E-state index contributed by atoms with van der Waals surface area (Å²) in [6.07, 6.45) is 9.41. The van der Waals surface area contributed by atoms with E-state index in [9.17, 15) is 4.39 Å². The number of halogens is 1. The molecule has 5 N–H and O–H groups in total. The van der Waals surface area contributed by atoms with Crippen LogP contribution in [0.3, 0.4) is 0 Å². The summed E-state index contributed by atoms with van der Waals surface area (Å²) in [5, 5.41) is 11.3. The van der Waals surface area contributed by atoms with Crippen molar-refractivity contribution in [1.82, 2.24) is 24.6 Å².